The van der Waals surface area contributed by atoms with Gasteiger partial charge in [0, 0.05) is 0 Å². The van der Waals surface area contributed by atoms with Crippen LogP contribution in [0.25, 0.3) is 0 Å². The predicted molar refractivity (Wildman–Crippen MR) is 69.8 cm³/mol. The molecule has 0 aromatic heterocycles. The fourth-order valence-electron chi connectivity index (χ4n) is 2.84. The molecule has 3 unspecified atom stereocenters. The van der Waals surface area contributed by atoms with Crippen LogP contribution in [-0.2, 0) is 9.53 Å². The van der Waals surface area contributed by atoms with Gasteiger partial charge < -0.3 is 10.1 Å². The van der Waals surface area contributed by atoms with E-state index in [1.54, 1.807) is 0 Å². The molecule has 1 N–H and O–H groups in total. The Balaban J connectivity index is 2.87. The first kappa shape index (κ1) is 14.5. The first-order chi connectivity index (χ1) is 7.94. The number of esters is 1. The van der Waals surface area contributed by atoms with E-state index in [4.69, 9.17) is 4.74 Å². The van der Waals surface area contributed by atoms with Crippen molar-refractivity contribution in [2.24, 2.45) is 17.8 Å². The molecule has 0 saturated heterocycles. The zero-order chi connectivity index (χ0) is 13.1. The standard InChI is InChI=1S/C14H27NO2/c1-10(2)9-15-14(13(16)17-5)8-6-7-11(3)12(14)4/h10-12,15H,6-9H2,1-5H3. The van der Waals surface area contributed by atoms with Crippen LogP contribution in [0.2, 0.25) is 0 Å². The lowest BCUT2D eigenvalue weighted by Gasteiger charge is -2.44. The number of carbonyl (C=O) groups excluding carboxylic acids is 1. The van der Waals surface area contributed by atoms with Gasteiger partial charge in [0.25, 0.3) is 0 Å². The second-order valence-corrected chi connectivity index (χ2v) is 5.90. The molecule has 0 spiro atoms. The monoisotopic (exact) mass is 241 g/mol. The Bertz CT molecular complexity index is 265. The van der Waals surface area contributed by atoms with Crippen molar-refractivity contribution in [1.29, 1.82) is 0 Å². The Labute approximate surface area is 105 Å². The lowest BCUT2D eigenvalue weighted by Crippen LogP contribution is -2.61. The maximum absolute atomic E-state index is 12.2. The molecule has 1 fully saturated rings. The van der Waals surface area contributed by atoms with E-state index in [9.17, 15) is 4.79 Å². The SMILES string of the molecule is COC(=O)C1(NCC(C)C)CCCC(C)C1C. The van der Waals surface area contributed by atoms with Gasteiger partial charge in [0.05, 0.1) is 7.11 Å². The number of hydrogen-bond acceptors (Lipinski definition) is 3. The predicted octanol–water partition coefficient (Wildman–Crippen LogP) is 2.60. The van der Waals surface area contributed by atoms with Crippen LogP contribution in [0.4, 0.5) is 0 Å². The van der Waals surface area contributed by atoms with Crippen molar-refractivity contribution < 1.29 is 9.53 Å². The largest absolute Gasteiger partial charge is 0.468 e. The van der Waals surface area contributed by atoms with Crippen molar-refractivity contribution in [2.75, 3.05) is 13.7 Å². The van der Waals surface area contributed by atoms with Gasteiger partial charge in [-0.25, -0.2) is 0 Å². The van der Waals surface area contributed by atoms with E-state index in [1.165, 1.54) is 13.5 Å². The highest BCUT2D eigenvalue weighted by molar-refractivity contribution is 5.81. The van der Waals surface area contributed by atoms with E-state index >= 15 is 0 Å². The van der Waals surface area contributed by atoms with Crippen molar-refractivity contribution in [3.63, 3.8) is 0 Å². The zero-order valence-electron chi connectivity index (χ0n) is 11.9. The van der Waals surface area contributed by atoms with E-state index in [0.29, 0.717) is 17.8 Å². The number of methoxy groups -OCH3 is 1. The van der Waals surface area contributed by atoms with Gasteiger partial charge >= 0.3 is 5.97 Å². The van der Waals surface area contributed by atoms with Crippen molar-refractivity contribution in [3.8, 4) is 0 Å². The molecule has 100 valence electrons. The average molecular weight is 241 g/mol. The van der Waals surface area contributed by atoms with E-state index < -0.39 is 5.54 Å². The molecule has 0 radical (unpaired) electrons. The molecule has 0 aliphatic heterocycles. The molecule has 0 aromatic rings. The summed E-state index contributed by atoms with van der Waals surface area (Å²) in [5.74, 6) is 1.36. The summed E-state index contributed by atoms with van der Waals surface area (Å²) < 4.78 is 5.04. The van der Waals surface area contributed by atoms with Gasteiger partial charge in [-0.3, -0.25) is 4.79 Å². The van der Waals surface area contributed by atoms with Gasteiger partial charge in [-0.2, -0.15) is 0 Å². The number of rotatable bonds is 4. The minimum atomic E-state index is -0.462. The van der Waals surface area contributed by atoms with Gasteiger partial charge in [-0.1, -0.05) is 40.5 Å². The maximum atomic E-state index is 12.2. The Morgan fingerprint density at radius 2 is 2.12 bits per heavy atom. The van der Waals surface area contributed by atoms with Crippen LogP contribution in [-0.4, -0.2) is 25.2 Å². The Morgan fingerprint density at radius 1 is 1.47 bits per heavy atom. The molecular formula is C14H27NO2. The summed E-state index contributed by atoms with van der Waals surface area (Å²) in [6.07, 6.45) is 3.22. The Hall–Kier alpha value is -0.570. The number of ether oxygens (including phenoxy) is 1. The van der Waals surface area contributed by atoms with Gasteiger partial charge in [0.2, 0.25) is 0 Å². The third-order valence-electron chi connectivity index (χ3n) is 4.24. The van der Waals surface area contributed by atoms with Crippen LogP contribution < -0.4 is 5.32 Å². The summed E-state index contributed by atoms with van der Waals surface area (Å²) in [6, 6.07) is 0. The van der Waals surface area contributed by atoms with E-state index in [1.807, 2.05) is 0 Å². The second kappa shape index (κ2) is 5.85. The van der Waals surface area contributed by atoms with Crippen molar-refractivity contribution in [3.05, 3.63) is 0 Å². The molecule has 0 amide bonds. The smallest absolute Gasteiger partial charge is 0.326 e. The third-order valence-corrected chi connectivity index (χ3v) is 4.24. The zero-order valence-corrected chi connectivity index (χ0v) is 11.9. The fourth-order valence-corrected chi connectivity index (χ4v) is 2.84. The summed E-state index contributed by atoms with van der Waals surface area (Å²) in [6.45, 7) is 9.60. The van der Waals surface area contributed by atoms with Crippen LogP contribution in [0.15, 0.2) is 0 Å². The summed E-state index contributed by atoms with van der Waals surface area (Å²) in [5, 5.41) is 3.49. The number of nitrogens with one attached hydrogen (secondary N) is 1. The van der Waals surface area contributed by atoms with Crippen molar-refractivity contribution >= 4 is 5.97 Å². The summed E-state index contributed by atoms with van der Waals surface area (Å²) in [5.41, 5.74) is -0.462. The van der Waals surface area contributed by atoms with Crippen molar-refractivity contribution in [2.45, 2.75) is 52.5 Å². The quantitative estimate of drug-likeness (QED) is 0.769. The van der Waals surface area contributed by atoms with Gasteiger partial charge in [-0.15, -0.1) is 0 Å². The summed E-state index contributed by atoms with van der Waals surface area (Å²) in [7, 11) is 1.49. The highest BCUT2D eigenvalue weighted by Gasteiger charge is 2.48. The number of hydrogen-bond donors (Lipinski definition) is 1. The second-order valence-electron chi connectivity index (χ2n) is 5.90. The molecule has 0 aromatic carbocycles. The summed E-state index contributed by atoms with van der Waals surface area (Å²) in [4.78, 5) is 12.2. The first-order valence-corrected chi connectivity index (χ1v) is 6.77. The highest BCUT2D eigenvalue weighted by atomic mass is 16.5. The summed E-state index contributed by atoms with van der Waals surface area (Å²) >= 11 is 0. The van der Waals surface area contributed by atoms with E-state index in [0.717, 1.165) is 19.4 Å². The molecule has 3 nitrogen and oxygen atoms in total. The molecule has 0 heterocycles. The molecule has 3 atom stereocenters. The van der Waals surface area contributed by atoms with Crippen LogP contribution in [0.3, 0.4) is 0 Å². The van der Waals surface area contributed by atoms with Crippen molar-refractivity contribution in [1.82, 2.24) is 5.32 Å². The van der Waals surface area contributed by atoms with E-state index in [-0.39, 0.29) is 5.97 Å². The molecule has 17 heavy (non-hydrogen) atoms. The third kappa shape index (κ3) is 3.01. The Kier molecular flexibility index (Phi) is 4.99. The fraction of sp³-hybridized carbons (Fsp3) is 0.929. The van der Waals surface area contributed by atoms with Gasteiger partial charge in [-0.05, 0) is 30.7 Å². The topological polar surface area (TPSA) is 38.3 Å². The minimum absolute atomic E-state index is 0.0859. The lowest BCUT2D eigenvalue weighted by atomic mass is 9.68. The molecule has 3 heteroatoms. The molecule has 1 saturated carbocycles. The van der Waals surface area contributed by atoms with Gasteiger partial charge in [0.15, 0.2) is 0 Å². The van der Waals surface area contributed by atoms with Crippen LogP contribution >= 0.6 is 0 Å². The molecule has 1 aliphatic carbocycles. The average Bonchev–Trinajstić information content (AvgIpc) is 2.30. The molecule has 1 rings (SSSR count). The minimum Gasteiger partial charge on any atom is -0.468 e. The molecular weight excluding hydrogens is 214 g/mol. The van der Waals surface area contributed by atoms with E-state index in [2.05, 4.69) is 33.0 Å². The van der Waals surface area contributed by atoms with Crippen LogP contribution in [0, 0.1) is 17.8 Å². The molecule has 1 aliphatic rings. The van der Waals surface area contributed by atoms with Gasteiger partial charge in [0.1, 0.15) is 5.54 Å². The lowest BCUT2D eigenvalue weighted by molar-refractivity contribution is -0.154. The number of carbonyl (C=O) groups is 1. The maximum Gasteiger partial charge on any atom is 0.326 e. The highest BCUT2D eigenvalue weighted by Crippen LogP contribution is 2.38. The van der Waals surface area contributed by atoms with Crippen LogP contribution in [0.5, 0.6) is 0 Å². The molecule has 0 bridgehead atoms. The Morgan fingerprint density at radius 3 is 2.65 bits per heavy atom. The normalized spacial score (nSPS) is 33.8. The van der Waals surface area contributed by atoms with Crippen LogP contribution in [0.1, 0.15) is 47.0 Å². The first-order valence-electron chi connectivity index (χ1n) is 6.77.